The Labute approximate surface area is 185 Å². The van der Waals surface area contributed by atoms with Crippen LogP contribution in [-0.2, 0) is 9.59 Å². The molecular weight excluding hydrogens is 414 g/mol. The number of hydrogen-bond acceptors (Lipinski definition) is 4. The Morgan fingerprint density at radius 3 is 2.35 bits per heavy atom. The zero-order valence-corrected chi connectivity index (χ0v) is 17.8. The summed E-state index contributed by atoms with van der Waals surface area (Å²) in [6, 6.07) is 20.1. The lowest BCUT2D eigenvalue weighted by atomic mass is 9.94. The monoisotopic (exact) mass is 433 g/mol. The minimum Gasteiger partial charge on any atom is -0.507 e. The van der Waals surface area contributed by atoms with Crippen molar-refractivity contribution >= 4 is 34.7 Å². The van der Waals surface area contributed by atoms with Gasteiger partial charge in [-0.25, -0.2) is 0 Å². The Kier molecular flexibility index (Phi) is 5.53. The quantitative estimate of drug-likeness (QED) is 0.345. The van der Waals surface area contributed by atoms with Gasteiger partial charge in [-0.05, 0) is 30.7 Å². The number of carbonyl (C=O) groups excluding carboxylic acids is 2. The maximum Gasteiger partial charge on any atom is 0.300 e. The molecule has 3 aromatic carbocycles. The van der Waals surface area contributed by atoms with E-state index in [1.54, 1.807) is 72.8 Å². The molecule has 1 heterocycles. The molecule has 156 valence electrons. The zero-order chi connectivity index (χ0) is 22.1. The molecule has 0 bridgehead atoms. The van der Waals surface area contributed by atoms with Crippen LogP contribution in [0.1, 0.15) is 22.7 Å². The normalized spacial score (nSPS) is 17.8. The number of halogens is 1. The largest absolute Gasteiger partial charge is 0.507 e. The average molecular weight is 434 g/mol. The predicted molar refractivity (Wildman–Crippen MR) is 120 cm³/mol. The molecule has 0 spiro atoms. The molecule has 5 nitrogen and oxygen atoms in total. The Morgan fingerprint density at radius 2 is 1.68 bits per heavy atom. The maximum atomic E-state index is 13.2. The first kappa shape index (κ1) is 20.7. The Morgan fingerprint density at radius 1 is 1.00 bits per heavy atom. The van der Waals surface area contributed by atoms with Crippen molar-refractivity contribution in [1.29, 1.82) is 0 Å². The highest BCUT2D eigenvalue weighted by Gasteiger charge is 2.48. The van der Waals surface area contributed by atoms with Crippen molar-refractivity contribution in [2.45, 2.75) is 13.0 Å². The van der Waals surface area contributed by atoms with Crippen molar-refractivity contribution in [3.05, 3.63) is 100 Å². The average Bonchev–Trinajstić information content (AvgIpc) is 3.06. The van der Waals surface area contributed by atoms with Gasteiger partial charge in [0.2, 0.25) is 0 Å². The van der Waals surface area contributed by atoms with Gasteiger partial charge >= 0.3 is 0 Å². The van der Waals surface area contributed by atoms with E-state index in [4.69, 9.17) is 16.3 Å². The molecule has 31 heavy (non-hydrogen) atoms. The summed E-state index contributed by atoms with van der Waals surface area (Å²) in [6.45, 7) is 1.85. The first-order valence-electron chi connectivity index (χ1n) is 9.69. The molecule has 1 amide bonds. The fourth-order valence-electron chi connectivity index (χ4n) is 3.77. The number of carbonyl (C=O) groups is 2. The predicted octanol–water partition coefficient (Wildman–Crippen LogP) is 5.28. The second-order valence-corrected chi connectivity index (χ2v) is 7.62. The molecule has 6 heteroatoms. The van der Waals surface area contributed by atoms with E-state index in [1.807, 2.05) is 6.92 Å². The van der Waals surface area contributed by atoms with Gasteiger partial charge in [0.1, 0.15) is 11.5 Å². The van der Waals surface area contributed by atoms with E-state index >= 15 is 0 Å². The van der Waals surface area contributed by atoms with Crippen LogP contribution in [0.4, 0.5) is 5.69 Å². The molecule has 1 fully saturated rings. The van der Waals surface area contributed by atoms with Crippen LogP contribution in [-0.4, -0.2) is 23.9 Å². The number of benzene rings is 3. The molecule has 1 saturated heterocycles. The number of aryl methyl sites for hydroxylation is 1. The first-order valence-corrected chi connectivity index (χ1v) is 10.1. The summed E-state index contributed by atoms with van der Waals surface area (Å²) in [7, 11) is 1.52. The second kappa shape index (κ2) is 8.28. The minimum atomic E-state index is -0.880. The highest BCUT2D eigenvalue weighted by atomic mass is 35.5. The van der Waals surface area contributed by atoms with E-state index in [9.17, 15) is 14.7 Å². The van der Waals surface area contributed by atoms with Crippen molar-refractivity contribution < 1.29 is 19.4 Å². The van der Waals surface area contributed by atoms with Gasteiger partial charge in [0.05, 0.1) is 18.7 Å². The first-order chi connectivity index (χ1) is 14.9. The number of para-hydroxylation sites is 1. The van der Waals surface area contributed by atoms with Gasteiger partial charge in [0.25, 0.3) is 11.7 Å². The number of aliphatic hydroxyl groups excluding tert-OH is 1. The van der Waals surface area contributed by atoms with Crippen LogP contribution in [0.2, 0.25) is 5.02 Å². The summed E-state index contributed by atoms with van der Waals surface area (Å²) in [5.74, 6) is -1.26. The maximum absolute atomic E-state index is 13.2. The number of rotatable bonds is 4. The molecule has 0 saturated carbocycles. The van der Waals surface area contributed by atoms with Gasteiger partial charge in [-0.3, -0.25) is 14.5 Å². The van der Waals surface area contributed by atoms with Crippen LogP contribution in [0, 0.1) is 6.92 Å². The number of nitrogens with zero attached hydrogens (tertiary/aromatic N) is 1. The van der Waals surface area contributed by atoms with Gasteiger partial charge in [0, 0.05) is 21.8 Å². The van der Waals surface area contributed by atoms with Crippen LogP contribution in [0.15, 0.2) is 78.4 Å². The molecule has 1 aliphatic heterocycles. The summed E-state index contributed by atoms with van der Waals surface area (Å²) in [5, 5.41) is 11.6. The van der Waals surface area contributed by atoms with Crippen molar-refractivity contribution in [3.63, 3.8) is 0 Å². The second-order valence-electron chi connectivity index (χ2n) is 7.21. The highest BCUT2D eigenvalue weighted by Crippen LogP contribution is 2.45. The van der Waals surface area contributed by atoms with Crippen LogP contribution in [0.5, 0.6) is 5.75 Å². The number of ketones is 1. The molecule has 1 aliphatic rings. The fourth-order valence-corrected chi connectivity index (χ4v) is 3.94. The summed E-state index contributed by atoms with van der Waals surface area (Å²) in [6.07, 6.45) is 0. The van der Waals surface area contributed by atoms with Crippen LogP contribution in [0.3, 0.4) is 0 Å². The van der Waals surface area contributed by atoms with E-state index in [0.717, 1.165) is 5.56 Å². The molecule has 1 atom stereocenters. The SMILES string of the molecule is COc1ccccc1[C@H]1/C(=C(\O)c2ccccc2)C(=O)C(=O)N1c1ccc(C)c(Cl)c1. The van der Waals surface area contributed by atoms with E-state index in [2.05, 4.69) is 0 Å². The van der Waals surface area contributed by atoms with Crippen LogP contribution >= 0.6 is 11.6 Å². The topological polar surface area (TPSA) is 66.8 Å². The molecule has 0 unspecified atom stereocenters. The van der Waals surface area contributed by atoms with E-state index < -0.39 is 17.7 Å². The van der Waals surface area contributed by atoms with E-state index in [1.165, 1.54) is 12.0 Å². The molecule has 0 aromatic heterocycles. The Balaban J connectivity index is 2.00. The lowest BCUT2D eigenvalue weighted by Gasteiger charge is -2.27. The van der Waals surface area contributed by atoms with Gasteiger partial charge in [0.15, 0.2) is 0 Å². The van der Waals surface area contributed by atoms with Crippen LogP contribution < -0.4 is 9.64 Å². The van der Waals surface area contributed by atoms with E-state index in [-0.39, 0.29) is 11.3 Å². The zero-order valence-electron chi connectivity index (χ0n) is 17.0. The number of hydrogen-bond donors (Lipinski definition) is 1. The van der Waals surface area contributed by atoms with Gasteiger partial charge in [-0.15, -0.1) is 0 Å². The third kappa shape index (κ3) is 3.57. The minimum absolute atomic E-state index is 0.00241. The van der Waals surface area contributed by atoms with Crippen molar-refractivity contribution in [3.8, 4) is 5.75 Å². The van der Waals surface area contributed by atoms with Crippen LogP contribution in [0.25, 0.3) is 5.76 Å². The van der Waals surface area contributed by atoms with Gasteiger partial charge in [-0.1, -0.05) is 66.2 Å². The van der Waals surface area contributed by atoms with Crippen molar-refractivity contribution in [1.82, 2.24) is 0 Å². The van der Waals surface area contributed by atoms with Crippen molar-refractivity contribution in [2.24, 2.45) is 0 Å². The number of aliphatic hydroxyl groups is 1. The lowest BCUT2D eigenvalue weighted by Crippen LogP contribution is -2.29. The van der Waals surface area contributed by atoms with Gasteiger partial charge < -0.3 is 9.84 Å². The van der Waals surface area contributed by atoms with E-state index in [0.29, 0.717) is 27.6 Å². The number of amides is 1. The molecule has 4 rings (SSSR count). The summed E-state index contributed by atoms with van der Waals surface area (Å²) >= 11 is 6.31. The fraction of sp³-hybridized carbons (Fsp3) is 0.120. The molecule has 0 radical (unpaired) electrons. The standard InChI is InChI=1S/C25H20ClNO4/c1-15-12-13-17(14-19(15)26)27-22(18-10-6-7-11-20(18)31-2)21(24(29)25(27)30)23(28)16-8-4-3-5-9-16/h3-14,22,28H,1-2H3/b23-21+/t22-/m0/s1. The molecule has 3 aromatic rings. The lowest BCUT2D eigenvalue weighted by molar-refractivity contribution is -0.132. The third-order valence-corrected chi connectivity index (χ3v) is 5.77. The third-order valence-electron chi connectivity index (χ3n) is 5.36. The Hall–Kier alpha value is -3.57. The number of ether oxygens (including phenoxy) is 1. The smallest absolute Gasteiger partial charge is 0.300 e. The molecule has 0 aliphatic carbocycles. The number of methoxy groups -OCH3 is 1. The number of anilines is 1. The van der Waals surface area contributed by atoms with Crippen molar-refractivity contribution in [2.75, 3.05) is 12.0 Å². The summed E-state index contributed by atoms with van der Waals surface area (Å²) in [5.41, 5.74) is 2.33. The number of Topliss-reactive ketones (excluding diaryl/α,β-unsaturated/α-hetero) is 1. The summed E-state index contributed by atoms with van der Waals surface area (Å²) in [4.78, 5) is 27.7. The summed E-state index contributed by atoms with van der Waals surface area (Å²) < 4.78 is 5.51. The molecule has 1 N–H and O–H groups in total. The Bertz CT molecular complexity index is 1200. The molecular formula is C25H20ClNO4. The van der Waals surface area contributed by atoms with Gasteiger partial charge in [-0.2, -0.15) is 0 Å². The highest BCUT2D eigenvalue weighted by molar-refractivity contribution is 6.52.